The van der Waals surface area contributed by atoms with Crippen LogP contribution in [-0.2, 0) is 9.47 Å². The number of carbonyl (C=O) groups is 1. The number of ether oxygens (including phenoxy) is 2. The minimum absolute atomic E-state index is 0.0757. The van der Waals surface area contributed by atoms with Crippen LogP contribution in [0.2, 0.25) is 0 Å². The van der Waals surface area contributed by atoms with Crippen LogP contribution in [0.15, 0.2) is 0 Å². The Balaban J connectivity index is 3.46. The Hall–Kier alpha value is -0.850. The summed E-state index contributed by atoms with van der Waals surface area (Å²) in [5, 5.41) is 0. The van der Waals surface area contributed by atoms with E-state index in [9.17, 15) is 4.79 Å². The van der Waals surface area contributed by atoms with Crippen molar-refractivity contribution >= 4 is 6.16 Å². The lowest BCUT2D eigenvalue weighted by atomic mass is 10.2. The lowest BCUT2D eigenvalue weighted by molar-refractivity contribution is 0.0436. The molecule has 0 aliphatic carbocycles. The summed E-state index contributed by atoms with van der Waals surface area (Å²) < 4.78 is 9.43. The van der Waals surface area contributed by atoms with Crippen LogP contribution < -0.4 is 17.2 Å². The molecule has 2 atom stereocenters. The maximum absolute atomic E-state index is 10.9. The van der Waals surface area contributed by atoms with E-state index in [2.05, 4.69) is 4.74 Å². The highest BCUT2D eigenvalue weighted by Crippen LogP contribution is 1.94. The summed E-state index contributed by atoms with van der Waals surface area (Å²) in [5.41, 5.74) is 16.0. The van der Waals surface area contributed by atoms with E-state index in [1.54, 1.807) is 0 Å². The zero-order valence-corrected chi connectivity index (χ0v) is 8.44. The second-order valence-electron chi connectivity index (χ2n) is 3.21. The molecule has 84 valence electrons. The third-order valence-electron chi connectivity index (χ3n) is 1.61. The summed E-state index contributed by atoms with van der Waals surface area (Å²) in [5.74, 6) is 0.130. The molecule has 0 spiro atoms. The molecule has 2 unspecified atom stereocenters. The predicted octanol–water partition coefficient (Wildman–Crippen LogP) is -0.980. The fraction of sp³-hybridized carbons (Fsp3) is 0.875. The molecule has 0 amide bonds. The Morgan fingerprint density at radius 1 is 1.21 bits per heavy atom. The van der Waals surface area contributed by atoms with E-state index in [0.717, 1.165) is 0 Å². The Morgan fingerprint density at radius 3 is 2.29 bits per heavy atom. The largest absolute Gasteiger partial charge is 0.508 e. The van der Waals surface area contributed by atoms with Gasteiger partial charge in [-0.15, -0.1) is 0 Å². The minimum atomic E-state index is -0.728. The number of hydrogen-bond acceptors (Lipinski definition) is 6. The number of nitrogens with two attached hydrogens (primary N) is 3. The Kier molecular flexibility index (Phi) is 7.09. The van der Waals surface area contributed by atoms with Gasteiger partial charge in [0.05, 0.1) is 12.6 Å². The minimum Gasteiger partial charge on any atom is -0.434 e. The van der Waals surface area contributed by atoms with Crippen molar-refractivity contribution in [3.63, 3.8) is 0 Å². The van der Waals surface area contributed by atoms with E-state index in [1.807, 2.05) is 6.92 Å². The van der Waals surface area contributed by atoms with Gasteiger partial charge in [0.25, 0.3) is 0 Å². The normalized spacial score (nSPS) is 14.6. The van der Waals surface area contributed by atoms with Gasteiger partial charge in [0.15, 0.2) is 0 Å². The molecule has 0 fully saturated rings. The zero-order chi connectivity index (χ0) is 11.0. The van der Waals surface area contributed by atoms with Gasteiger partial charge in [0.2, 0.25) is 0 Å². The van der Waals surface area contributed by atoms with Gasteiger partial charge in [0.1, 0.15) is 6.61 Å². The summed E-state index contributed by atoms with van der Waals surface area (Å²) in [7, 11) is 0. The fourth-order valence-corrected chi connectivity index (χ4v) is 0.563. The van der Waals surface area contributed by atoms with Crippen molar-refractivity contribution in [3.8, 4) is 0 Å². The van der Waals surface area contributed by atoms with E-state index >= 15 is 0 Å². The van der Waals surface area contributed by atoms with Crippen molar-refractivity contribution in [2.24, 2.45) is 23.1 Å². The average Bonchev–Trinajstić information content (AvgIpc) is 2.22. The molecule has 0 saturated carbocycles. The van der Waals surface area contributed by atoms with Crippen molar-refractivity contribution in [2.75, 3.05) is 26.3 Å². The van der Waals surface area contributed by atoms with Crippen molar-refractivity contribution in [3.05, 3.63) is 0 Å². The van der Waals surface area contributed by atoms with E-state index in [-0.39, 0.29) is 31.7 Å². The molecule has 6 heteroatoms. The predicted molar refractivity (Wildman–Crippen MR) is 52.5 cm³/mol. The van der Waals surface area contributed by atoms with Gasteiger partial charge >= 0.3 is 6.16 Å². The van der Waals surface area contributed by atoms with Gasteiger partial charge in [-0.05, 0) is 6.54 Å². The fourth-order valence-electron chi connectivity index (χ4n) is 0.563. The summed E-state index contributed by atoms with van der Waals surface area (Å²) in [6.45, 7) is 2.94. The summed E-state index contributed by atoms with van der Waals surface area (Å²) in [6, 6.07) is -0.338. The maximum Gasteiger partial charge on any atom is 0.508 e. The lowest BCUT2D eigenvalue weighted by Gasteiger charge is -2.11. The van der Waals surface area contributed by atoms with Crippen LogP contribution in [0.3, 0.4) is 0 Å². The first-order valence-electron chi connectivity index (χ1n) is 4.55. The van der Waals surface area contributed by atoms with E-state index in [1.165, 1.54) is 0 Å². The van der Waals surface area contributed by atoms with Crippen molar-refractivity contribution in [1.82, 2.24) is 0 Å². The van der Waals surface area contributed by atoms with Crippen molar-refractivity contribution in [1.29, 1.82) is 0 Å². The van der Waals surface area contributed by atoms with Crippen LogP contribution in [0.1, 0.15) is 6.92 Å². The summed E-state index contributed by atoms with van der Waals surface area (Å²) in [6.07, 6.45) is -0.728. The van der Waals surface area contributed by atoms with Crippen LogP contribution in [0, 0.1) is 5.92 Å². The first kappa shape index (κ1) is 13.2. The number of rotatable bonds is 6. The van der Waals surface area contributed by atoms with Gasteiger partial charge in [-0.3, -0.25) is 0 Å². The van der Waals surface area contributed by atoms with Gasteiger partial charge in [0, 0.05) is 12.5 Å². The topological polar surface area (TPSA) is 114 Å². The molecule has 0 aromatic carbocycles. The molecule has 6 N–H and O–H groups in total. The van der Waals surface area contributed by atoms with Gasteiger partial charge in [-0.1, -0.05) is 6.92 Å². The van der Waals surface area contributed by atoms with Crippen LogP contribution >= 0.6 is 0 Å². The lowest BCUT2D eigenvalue weighted by Crippen LogP contribution is -2.35. The Labute approximate surface area is 83.7 Å². The molecule has 0 aromatic rings. The van der Waals surface area contributed by atoms with Crippen molar-refractivity contribution in [2.45, 2.75) is 13.0 Å². The third-order valence-corrected chi connectivity index (χ3v) is 1.61. The smallest absolute Gasteiger partial charge is 0.434 e. The molecule has 6 nitrogen and oxygen atoms in total. The van der Waals surface area contributed by atoms with Gasteiger partial charge in [-0.2, -0.15) is 0 Å². The first-order chi connectivity index (χ1) is 6.60. The molecule has 0 radical (unpaired) electrons. The molecule has 0 heterocycles. The van der Waals surface area contributed by atoms with Gasteiger partial charge in [-0.25, -0.2) is 4.79 Å². The van der Waals surface area contributed by atoms with Crippen LogP contribution in [0.5, 0.6) is 0 Å². The van der Waals surface area contributed by atoms with Crippen LogP contribution in [-0.4, -0.2) is 38.5 Å². The standard InChI is InChI=1S/C8H19N3O3/c1-6(2-9)4-13-8(12)14-5-7(11)3-10/h6-7H,2-5,9-11H2,1H3. The van der Waals surface area contributed by atoms with Crippen LogP contribution in [0.25, 0.3) is 0 Å². The molecule has 0 aliphatic rings. The van der Waals surface area contributed by atoms with E-state index in [4.69, 9.17) is 21.9 Å². The quantitative estimate of drug-likeness (QED) is 0.480. The van der Waals surface area contributed by atoms with E-state index < -0.39 is 6.16 Å². The second-order valence-corrected chi connectivity index (χ2v) is 3.21. The Bertz CT molecular complexity index is 150. The molecule has 0 rings (SSSR count). The Morgan fingerprint density at radius 2 is 1.79 bits per heavy atom. The average molecular weight is 205 g/mol. The zero-order valence-electron chi connectivity index (χ0n) is 8.44. The molecule has 0 bridgehead atoms. The third kappa shape index (κ3) is 6.64. The highest BCUT2D eigenvalue weighted by molar-refractivity contribution is 5.59. The van der Waals surface area contributed by atoms with Crippen LogP contribution in [0.4, 0.5) is 4.79 Å². The number of carbonyl (C=O) groups excluding carboxylic acids is 1. The molecule has 14 heavy (non-hydrogen) atoms. The summed E-state index contributed by atoms with van der Waals surface area (Å²) in [4.78, 5) is 10.9. The van der Waals surface area contributed by atoms with Crippen molar-refractivity contribution < 1.29 is 14.3 Å². The first-order valence-corrected chi connectivity index (χ1v) is 4.55. The maximum atomic E-state index is 10.9. The molecular weight excluding hydrogens is 186 g/mol. The highest BCUT2D eigenvalue weighted by atomic mass is 16.7. The highest BCUT2D eigenvalue weighted by Gasteiger charge is 2.08. The monoisotopic (exact) mass is 205 g/mol. The van der Waals surface area contributed by atoms with Gasteiger partial charge < -0.3 is 26.7 Å². The molecule has 0 aliphatic heterocycles. The summed E-state index contributed by atoms with van der Waals surface area (Å²) >= 11 is 0. The van der Waals surface area contributed by atoms with E-state index in [0.29, 0.717) is 6.54 Å². The molecular formula is C8H19N3O3. The second kappa shape index (κ2) is 7.54. The SMILES string of the molecule is CC(CN)COC(=O)OCC(N)CN. The molecule has 0 aromatic heterocycles. The molecule has 0 saturated heterocycles. The number of hydrogen-bond donors (Lipinski definition) is 3.